The smallest absolute Gasteiger partial charge is 0.292 e. The average Bonchev–Trinajstić information content (AvgIpc) is 2.39. The quantitative estimate of drug-likeness (QED) is 0.635. The lowest BCUT2D eigenvalue weighted by Gasteiger charge is -2.22. The van der Waals surface area contributed by atoms with Gasteiger partial charge < -0.3 is 10.6 Å². The molecular weight excluding hydrogens is 249 g/mol. The first-order valence-electron chi connectivity index (χ1n) is 6.55. The Morgan fingerprint density at radius 2 is 2.37 bits per heavy atom. The Hall–Kier alpha value is -1.69. The Morgan fingerprint density at radius 1 is 1.53 bits per heavy atom. The Balaban J connectivity index is 1.91. The van der Waals surface area contributed by atoms with Gasteiger partial charge in [-0.15, -0.1) is 0 Å². The van der Waals surface area contributed by atoms with Crippen molar-refractivity contribution in [1.82, 2.24) is 5.32 Å². The van der Waals surface area contributed by atoms with Crippen molar-refractivity contribution in [3.05, 3.63) is 34.1 Å². The minimum atomic E-state index is -0.496. The normalized spacial score (nSPS) is 19.1. The molecule has 1 heterocycles. The highest BCUT2D eigenvalue weighted by Gasteiger charge is 2.16. The van der Waals surface area contributed by atoms with E-state index in [0.29, 0.717) is 12.5 Å². The fourth-order valence-electron chi connectivity index (χ4n) is 2.39. The Labute approximate surface area is 111 Å². The van der Waals surface area contributed by atoms with Crippen molar-refractivity contribution in [3.8, 4) is 0 Å². The van der Waals surface area contributed by atoms with Crippen LogP contribution in [0.4, 0.5) is 15.8 Å². The summed E-state index contributed by atoms with van der Waals surface area (Å²) in [7, 11) is 0. The predicted molar refractivity (Wildman–Crippen MR) is 71.8 cm³/mol. The minimum Gasteiger partial charge on any atom is -0.379 e. The van der Waals surface area contributed by atoms with Gasteiger partial charge in [-0.05, 0) is 44.3 Å². The number of nitrogens with zero attached hydrogens (tertiary/aromatic N) is 1. The van der Waals surface area contributed by atoms with E-state index in [1.807, 2.05) is 0 Å². The van der Waals surface area contributed by atoms with Gasteiger partial charge in [-0.1, -0.05) is 0 Å². The molecule has 1 aliphatic heterocycles. The fourth-order valence-corrected chi connectivity index (χ4v) is 2.39. The molecular formula is C13H18FN3O2. The van der Waals surface area contributed by atoms with Crippen LogP contribution in [0.3, 0.4) is 0 Å². The second-order valence-electron chi connectivity index (χ2n) is 4.85. The first kappa shape index (κ1) is 13.7. The van der Waals surface area contributed by atoms with E-state index in [4.69, 9.17) is 0 Å². The molecule has 6 heteroatoms. The molecule has 0 bridgehead atoms. The van der Waals surface area contributed by atoms with Crippen LogP contribution in [0.25, 0.3) is 0 Å². The van der Waals surface area contributed by atoms with Crippen molar-refractivity contribution in [2.24, 2.45) is 5.92 Å². The molecule has 1 aromatic rings. The van der Waals surface area contributed by atoms with Gasteiger partial charge in [0.2, 0.25) is 0 Å². The fraction of sp³-hybridized carbons (Fsp3) is 0.538. The van der Waals surface area contributed by atoms with Crippen molar-refractivity contribution in [1.29, 1.82) is 0 Å². The molecule has 0 aliphatic carbocycles. The van der Waals surface area contributed by atoms with Gasteiger partial charge in [-0.3, -0.25) is 10.1 Å². The molecule has 0 saturated carbocycles. The number of nitro benzene ring substituents is 1. The van der Waals surface area contributed by atoms with Gasteiger partial charge in [0.25, 0.3) is 5.69 Å². The molecule has 1 aromatic carbocycles. The summed E-state index contributed by atoms with van der Waals surface area (Å²) >= 11 is 0. The van der Waals surface area contributed by atoms with E-state index in [1.165, 1.54) is 25.0 Å². The molecule has 5 nitrogen and oxygen atoms in total. The van der Waals surface area contributed by atoms with Gasteiger partial charge >= 0.3 is 0 Å². The van der Waals surface area contributed by atoms with Crippen LogP contribution in [-0.2, 0) is 0 Å². The van der Waals surface area contributed by atoms with Crippen molar-refractivity contribution >= 4 is 11.4 Å². The van der Waals surface area contributed by atoms with Crippen LogP contribution in [0, 0.1) is 21.8 Å². The second kappa shape index (κ2) is 6.47. The summed E-state index contributed by atoms with van der Waals surface area (Å²) in [4.78, 5) is 10.3. The van der Waals surface area contributed by atoms with Crippen molar-refractivity contribution in [2.75, 3.05) is 25.0 Å². The highest BCUT2D eigenvalue weighted by Crippen LogP contribution is 2.25. The molecule has 19 heavy (non-hydrogen) atoms. The van der Waals surface area contributed by atoms with Crippen LogP contribution in [0.15, 0.2) is 18.2 Å². The number of piperidine rings is 1. The van der Waals surface area contributed by atoms with Gasteiger partial charge in [0.1, 0.15) is 11.5 Å². The number of nitro groups is 1. The summed E-state index contributed by atoms with van der Waals surface area (Å²) in [5.74, 6) is 0.126. The largest absolute Gasteiger partial charge is 0.379 e. The molecule has 104 valence electrons. The van der Waals surface area contributed by atoms with Crippen molar-refractivity contribution in [2.45, 2.75) is 19.3 Å². The van der Waals surface area contributed by atoms with E-state index < -0.39 is 10.7 Å². The van der Waals surface area contributed by atoms with E-state index in [9.17, 15) is 14.5 Å². The first-order valence-corrected chi connectivity index (χ1v) is 6.55. The summed E-state index contributed by atoms with van der Waals surface area (Å²) in [5.41, 5.74) is 0.178. The van der Waals surface area contributed by atoms with Gasteiger partial charge in [-0.2, -0.15) is 0 Å². The van der Waals surface area contributed by atoms with Crippen LogP contribution >= 0.6 is 0 Å². The standard InChI is InChI=1S/C13H18FN3O2/c14-11-3-4-13(17(18)19)12(8-11)16-7-5-10-2-1-6-15-9-10/h3-4,8,10,15-16H,1-2,5-7,9H2. The number of hydrogen-bond donors (Lipinski definition) is 2. The van der Waals surface area contributed by atoms with Crippen molar-refractivity contribution < 1.29 is 9.31 Å². The van der Waals surface area contributed by atoms with Crippen LogP contribution in [0.5, 0.6) is 0 Å². The number of rotatable bonds is 5. The third-order valence-corrected chi connectivity index (χ3v) is 3.42. The number of halogens is 1. The van der Waals surface area contributed by atoms with Crippen LogP contribution < -0.4 is 10.6 Å². The Bertz CT molecular complexity index is 448. The van der Waals surface area contributed by atoms with Gasteiger partial charge in [-0.25, -0.2) is 4.39 Å². The lowest BCUT2D eigenvalue weighted by molar-refractivity contribution is -0.384. The summed E-state index contributed by atoms with van der Waals surface area (Å²) < 4.78 is 13.1. The SMILES string of the molecule is O=[N+]([O-])c1ccc(F)cc1NCCC1CCCNC1. The molecule has 0 aromatic heterocycles. The van der Waals surface area contributed by atoms with E-state index in [0.717, 1.165) is 25.6 Å². The van der Waals surface area contributed by atoms with E-state index >= 15 is 0 Å². The maximum absolute atomic E-state index is 13.1. The van der Waals surface area contributed by atoms with E-state index in [-0.39, 0.29) is 11.4 Å². The lowest BCUT2D eigenvalue weighted by atomic mass is 9.96. The molecule has 2 rings (SSSR count). The molecule has 1 unspecified atom stereocenters. The number of benzene rings is 1. The molecule has 0 spiro atoms. The maximum Gasteiger partial charge on any atom is 0.292 e. The molecule has 1 aliphatic rings. The zero-order valence-electron chi connectivity index (χ0n) is 10.7. The van der Waals surface area contributed by atoms with Gasteiger partial charge in [0.15, 0.2) is 0 Å². The monoisotopic (exact) mass is 267 g/mol. The van der Waals surface area contributed by atoms with E-state index in [1.54, 1.807) is 0 Å². The molecule has 2 N–H and O–H groups in total. The molecule has 0 radical (unpaired) electrons. The van der Waals surface area contributed by atoms with E-state index in [2.05, 4.69) is 10.6 Å². The zero-order valence-corrected chi connectivity index (χ0v) is 10.7. The van der Waals surface area contributed by atoms with Crippen molar-refractivity contribution in [3.63, 3.8) is 0 Å². The topological polar surface area (TPSA) is 67.2 Å². The van der Waals surface area contributed by atoms with Crippen LogP contribution in [0.1, 0.15) is 19.3 Å². The average molecular weight is 267 g/mol. The number of nitrogens with one attached hydrogen (secondary N) is 2. The third-order valence-electron chi connectivity index (χ3n) is 3.42. The maximum atomic E-state index is 13.1. The molecule has 1 fully saturated rings. The molecule has 1 atom stereocenters. The van der Waals surface area contributed by atoms with Crippen LogP contribution in [0.2, 0.25) is 0 Å². The highest BCUT2D eigenvalue weighted by molar-refractivity contribution is 5.61. The van der Waals surface area contributed by atoms with Gasteiger partial charge in [0, 0.05) is 18.7 Å². The summed E-state index contributed by atoms with van der Waals surface area (Å²) in [6.07, 6.45) is 3.28. The summed E-state index contributed by atoms with van der Waals surface area (Å²) in [5, 5.41) is 17.1. The minimum absolute atomic E-state index is 0.0804. The number of anilines is 1. The zero-order chi connectivity index (χ0) is 13.7. The molecule has 0 amide bonds. The van der Waals surface area contributed by atoms with Crippen LogP contribution in [-0.4, -0.2) is 24.6 Å². The Morgan fingerprint density at radius 3 is 3.05 bits per heavy atom. The Kier molecular flexibility index (Phi) is 4.68. The van der Waals surface area contributed by atoms with Gasteiger partial charge in [0.05, 0.1) is 4.92 Å². The second-order valence-corrected chi connectivity index (χ2v) is 4.85. The summed E-state index contributed by atoms with van der Waals surface area (Å²) in [6.45, 7) is 2.68. The molecule has 1 saturated heterocycles. The lowest BCUT2D eigenvalue weighted by Crippen LogP contribution is -2.30. The third kappa shape index (κ3) is 3.89. The first-order chi connectivity index (χ1) is 9.16. The number of hydrogen-bond acceptors (Lipinski definition) is 4. The predicted octanol–water partition coefficient (Wildman–Crippen LogP) is 2.54. The summed E-state index contributed by atoms with van der Waals surface area (Å²) in [6, 6.07) is 3.48. The highest BCUT2D eigenvalue weighted by atomic mass is 19.1.